The lowest BCUT2D eigenvalue weighted by atomic mass is 9.91. The molecule has 1 saturated heterocycles. The molecular formula is C21H37N7O3. The van der Waals surface area contributed by atoms with Crippen LogP contribution in [0.1, 0.15) is 70.7 Å². The Hall–Kier alpha value is -2.23. The normalized spacial score (nSPS) is 20.5. The standard InChI is InChI=1S/C21H37N7O3/c1-3-26(4-2)12-13-28-24-19(23-25-28)18-10-7-11-27(18)20(29)17(15-22-21(30)31)14-16-8-5-6-9-16/h16-18,22H,3-15H2,1-2H3,(H,30,31)/t17-,18+/m1/s1. The number of tetrazole rings is 1. The van der Waals surface area contributed by atoms with Crippen molar-refractivity contribution in [1.82, 2.24) is 35.3 Å². The average molecular weight is 436 g/mol. The van der Waals surface area contributed by atoms with Gasteiger partial charge in [-0.1, -0.05) is 39.5 Å². The Morgan fingerprint density at radius 2 is 1.94 bits per heavy atom. The maximum atomic E-state index is 13.4. The summed E-state index contributed by atoms with van der Waals surface area (Å²) in [4.78, 5) is 30.3. The first-order valence-electron chi connectivity index (χ1n) is 11.8. The maximum Gasteiger partial charge on any atom is 0.404 e. The van der Waals surface area contributed by atoms with Crippen LogP contribution in [0, 0.1) is 11.8 Å². The van der Waals surface area contributed by atoms with Gasteiger partial charge in [0, 0.05) is 19.6 Å². The number of nitrogens with zero attached hydrogens (tertiary/aromatic N) is 6. The largest absolute Gasteiger partial charge is 0.465 e. The second kappa shape index (κ2) is 11.4. The van der Waals surface area contributed by atoms with Gasteiger partial charge < -0.3 is 20.2 Å². The molecule has 31 heavy (non-hydrogen) atoms. The first-order valence-corrected chi connectivity index (χ1v) is 11.8. The molecule has 1 aliphatic heterocycles. The molecule has 10 heteroatoms. The minimum absolute atomic E-state index is 0.0163. The van der Waals surface area contributed by atoms with Crippen LogP contribution in [0.15, 0.2) is 0 Å². The van der Waals surface area contributed by atoms with Crippen molar-refractivity contribution in [2.24, 2.45) is 11.8 Å². The molecule has 2 N–H and O–H groups in total. The number of hydrogen-bond acceptors (Lipinski definition) is 6. The number of hydrogen-bond donors (Lipinski definition) is 2. The van der Waals surface area contributed by atoms with Crippen molar-refractivity contribution in [2.75, 3.05) is 32.7 Å². The zero-order chi connectivity index (χ0) is 22.2. The fourth-order valence-corrected chi connectivity index (χ4v) is 4.92. The van der Waals surface area contributed by atoms with Crippen molar-refractivity contribution in [2.45, 2.75) is 71.4 Å². The third-order valence-electron chi connectivity index (χ3n) is 6.75. The van der Waals surface area contributed by atoms with Gasteiger partial charge in [-0.3, -0.25) is 4.79 Å². The quantitative estimate of drug-likeness (QED) is 0.547. The topological polar surface area (TPSA) is 116 Å². The molecule has 2 heterocycles. The summed E-state index contributed by atoms with van der Waals surface area (Å²) < 4.78 is 0. The molecule has 0 bridgehead atoms. The van der Waals surface area contributed by atoms with Gasteiger partial charge in [-0.15, -0.1) is 10.2 Å². The third kappa shape index (κ3) is 6.38. The Morgan fingerprint density at radius 3 is 2.61 bits per heavy atom. The van der Waals surface area contributed by atoms with E-state index in [-0.39, 0.29) is 24.4 Å². The molecule has 0 aromatic carbocycles. The van der Waals surface area contributed by atoms with Crippen LogP contribution >= 0.6 is 0 Å². The lowest BCUT2D eigenvalue weighted by Crippen LogP contribution is -2.42. The maximum absolute atomic E-state index is 13.4. The summed E-state index contributed by atoms with van der Waals surface area (Å²) in [6.45, 7) is 8.58. The highest BCUT2D eigenvalue weighted by molar-refractivity contribution is 5.80. The minimum Gasteiger partial charge on any atom is -0.465 e. The van der Waals surface area contributed by atoms with E-state index < -0.39 is 6.09 Å². The van der Waals surface area contributed by atoms with Gasteiger partial charge in [-0.25, -0.2) is 4.79 Å². The van der Waals surface area contributed by atoms with Crippen LogP contribution in [0.5, 0.6) is 0 Å². The number of likely N-dealkylation sites (N-methyl/N-ethyl adjacent to an activating group) is 1. The number of rotatable bonds is 11. The fraction of sp³-hybridized carbons (Fsp3) is 0.857. The van der Waals surface area contributed by atoms with Crippen LogP contribution in [-0.4, -0.2) is 79.8 Å². The molecule has 0 radical (unpaired) electrons. The highest BCUT2D eigenvalue weighted by Crippen LogP contribution is 2.34. The lowest BCUT2D eigenvalue weighted by molar-refractivity contribution is -0.137. The molecule has 0 spiro atoms. The SMILES string of the molecule is CCN(CC)CCn1nnc([C@@H]2CCCN2C(=O)[C@@H](CNC(=O)O)CC2CCCC2)n1. The summed E-state index contributed by atoms with van der Waals surface area (Å²) in [6.07, 6.45) is 6.02. The molecule has 1 aromatic heterocycles. The Bertz CT molecular complexity index is 716. The van der Waals surface area contributed by atoms with E-state index in [1.54, 1.807) is 4.80 Å². The van der Waals surface area contributed by atoms with Crippen molar-refractivity contribution in [3.8, 4) is 0 Å². The van der Waals surface area contributed by atoms with Gasteiger partial charge in [0.2, 0.25) is 5.91 Å². The summed E-state index contributed by atoms with van der Waals surface area (Å²) in [5, 5.41) is 24.5. The minimum atomic E-state index is -1.08. The number of nitrogens with one attached hydrogen (secondary N) is 1. The van der Waals surface area contributed by atoms with E-state index in [0.29, 0.717) is 24.8 Å². The Labute approximate surface area is 184 Å². The Morgan fingerprint density at radius 1 is 1.19 bits per heavy atom. The van der Waals surface area contributed by atoms with Crippen molar-refractivity contribution >= 4 is 12.0 Å². The first kappa shape index (κ1) is 23.4. The van der Waals surface area contributed by atoms with Gasteiger partial charge in [-0.05, 0) is 43.5 Å². The van der Waals surface area contributed by atoms with Crippen molar-refractivity contribution < 1.29 is 14.7 Å². The molecular weight excluding hydrogens is 398 g/mol. The van der Waals surface area contributed by atoms with Crippen molar-refractivity contribution in [3.63, 3.8) is 0 Å². The van der Waals surface area contributed by atoms with E-state index in [4.69, 9.17) is 5.11 Å². The summed E-state index contributed by atoms with van der Waals surface area (Å²) in [7, 11) is 0. The van der Waals surface area contributed by atoms with Crippen LogP contribution in [0.3, 0.4) is 0 Å². The number of carbonyl (C=O) groups excluding carboxylic acids is 1. The van der Waals surface area contributed by atoms with Crippen LogP contribution < -0.4 is 5.32 Å². The second-order valence-corrected chi connectivity index (χ2v) is 8.73. The van der Waals surface area contributed by atoms with Gasteiger partial charge in [0.15, 0.2) is 5.82 Å². The summed E-state index contributed by atoms with van der Waals surface area (Å²) in [6, 6.07) is -0.175. The highest BCUT2D eigenvalue weighted by Gasteiger charge is 2.37. The van der Waals surface area contributed by atoms with Crippen molar-refractivity contribution in [3.05, 3.63) is 5.82 Å². The molecule has 1 aromatic rings. The van der Waals surface area contributed by atoms with E-state index in [1.807, 2.05) is 4.90 Å². The van der Waals surface area contributed by atoms with E-state index >= 15 is 0 Å². The third-order valence-corrected chi connectivity index (χ3v) is 6.75. The molecule has 2 fully saturated rings. The van der Waals surface area contributed by atoms with Crippen LogP contribution in [0.4, 0.5) is 4.79 Å². The van der Waals surface area contributed by atoms with E-state index in [0.717, 1.165) is 51.7 Å². The molecule has 2 atom stereocenters. The summed E-state index contributed by atoms with van der Waals surface area (Å²) in [5.41, 5.74) is 0. The van der Waals surface area contributed by atoms with Crippen LogP contribution in [0.25, 0.3) is 0 Å². The molecule has 10 nitrogen and oxygen atoms in total. The van der Waals surface area contributed by atoms with E-state index in [1.165, 1.54) is 12.8 Å². The predicted octanol–water partition coefficient (Wildman–Crippen LogP) is 2.14. The lowest BCUT2D eigenvalue weighted by Gasteiger charge is -2.28. The smallest absolute Gasteiger partial charge is 0.404 e. The highest BCUT2D eigenvalue weighted by atomic mass is 16.4. The Kier molecular flexibility index (Phi) is 8.62. The summed E-state index contributed by atoms with van der Waals surface area (Å²) in [5.74, 6) is 0.779. The summed E-state index contributed by atoms with van der Waals surface area (Å²) >= 11 is 0. The molecule has 174 valence electrons. The van der Waals surface area contributed by atoms with Gasteiger partial charge in [0.1, 0.15) is 0 Å². The molecule has 2 amide bonds. The van der Waals surface area contributed by atoms with Gasteiger partial charge >= 0.3 is 6.09 Å². The molecule has 3 rings (SSSR count). The van der Waals surface area contributed by atoms with Crippen molar-refractivity contribution in [1.29, 1.82) is 0 Å². The monoisotopic (exact) mass is 435 g/mol. The number of carbonyl (C=O) groups is 2. The zero-order valence-corrected chi connectivity index (χ0v) is 18.9. The van der Waals surface area contributed by atoms with Gasteiger partial charge in [0.25, 0.3) is 0 Å². The van der Waals surface area contributed by atoms with Gasteiger partial charge in [-0.2, -0.15) is 4.80 Å². The van der Waals surface area contributed by atoms with Gasteiger partial charge in [0.05, 0.1) is 18.5 Å². The average Bonchev–Trinajstić information content (AvgIpc) is 3.52. The molecule has 2 aliphatic rings. The number of amides is 2. The molecule has 0 unspecified atom stereocenters. The predicted molar refractivity (Wildman–Crippen MR) is 115 cm³/mol. The van der Waals surface area contributed by atoms with Crippen LogP contribution in [0.2, 0.25) is 0 Å². The molecule has 1 aliphatic carbocycles. The number of likely N-dealkylation sites (tertiary alicyclic amines) is 1. The fourth-order valence-electron chi connectivity index (χ4n) is 4.92. The van der Waals surface area contributed by atoms with E-state index in [9.17, 15) is 9.59 Å². The van der Waals surface area contributed by atoms with E-state index in [2.05, 4.69) is 39.5 Å². The second-order valence-electron chi connectivity index (χ2n) is 8.73. The number of aromatic nitrogens is 4. The van der Waals surface area contributed by atoms with Crippen LogP contribution in [-0.2, 0) is 11.3 Å². The zero-order valence-electron chi connectivity index (χ0n) is 18.9. The molecule has 1 saturated carbocycles. The number of carboxylic acid groups (broad SMARTS) is 1. The Balaban J connectivity index is 1.65. The first-order chi connectivity index (χ1) is 15.0.